The predicted octanol–water partition coefficient (Wildman–Crippen LogP) is 2.79. The van der Waals surface area contributed by atoms with Gasteiger partial charge in [-0.2, -0.15) is 4.98 Å². The third-order valence-electron chi connectivity index (χ3n) is 4.55. The Bertz CT molecular complexity index is 709. The van der Waals surface area contributed by atoms with Crippen molar-refractivity contribution in [2.45, 2.75) is 31.6 Å². The Kier molecular flexibility index (Phi) is 3.59. The minimum Gasteiger partial charge on any atom is -0.339 e. The highest BCUT2D eigenvalue weighted by Gasteiger charge is 2.31. The Morgan fingerprint density at radius 1 is 1.26 bits per heavy atom. The van der Waals surface area contributed by atoms with Crippen molar-refractivity contribution in [3.05, 3.63) is 47.4 Å². The minimum absolute atomic E-state index is 0.0423. The third kappa shape index (κ3) is 3.11. The van der Waals surface area contributed by atoms with Crippen LogP contribution >= 0.6 is 0 Å². The van der Waals surface area contributed by atoms with Crippen molar-refractivity contribution in [1.82, 2.24) is 15.0 Å². The molecule has 1 saturated carbocycles. The molecule has 120 valence electrons. The molecule has 1 aliphatic heterocycles. The summed E-state index contributed by atoms with van der Waals surface area (Å²) in [4.78, 5) is 18.7. The van der Waals surface area contributed by atoms with Crippen LogP contribution in [-0.4, -0.2) is 34.0 Å². The molecule has 1 aromatic heterocycles. The van der Waals surface area contributed by atoms with E-state index in [-0.39, 0.29) is 11.7 Å². The van der Waals surface area contributed by atoms with Crippen LogP contribution in [0.3, 0.4) is 0 Å². The molecule has 1 amide bonds. The number of carbonyl (C=O) groups is 1. The van der Waals surface area contributed by atoms with Crippen molar-refractivity contribution in [1.29, 1.82) is 0 Å². The van der Waals surface area contributed by atoms with Crippen molar-refractivity contribution in [2.24, 2.45) is 5.92 Å². The summed E-state index contributed by atoms with van der Waals surface area (Å²) in [5, 5.41) is 4.05. The second-order valence-electron chi connectivity index (χ2n) is 6.44. The molecule has 0 spiro atoms. The fraction of sp³-hybridized carbons (Fsp3) is 0.471. The highest BCUT2D eigenvalue weighted by atomic mass is 19.1. The number of likely N-dealkylation sites (tertiary alicyclic amines) is 1. The van der Waals surface area contributed by atoms with Gasteiger partial charge in [-0.1, -0.05) is 5.16 Å². The zero-order chi connectivity index (χ0) is 15.8. The number of benzene rings is 1. The molecule has 1 atom stereocenters. The van der Waals surface area contributed by atoms with Crippen LogP contribution in [-0.2, 0) is 6.42 Å². The van der Waals surface area contributed by atoms with Gasteiger partial charge in [0.25, 0.3) is 5.91 Å². The fourth-order valence-electron chi connectivity index (χ4n) is 3.06. The number of aromatic nitrogens is 2. The quantitative estimate of drug-likeness (QED) is 0.870. The van der Waals surface area contributed by atoms with Crippen molar-refractivity contribution >= 4 is 5.91 Å². The molecule has 6 heteroatoms. The molecular formula is C17H18FN3O2. The number of amides is 1. The lowest BCUT2D eigenvalue weighted by Gasteiger charge is -2.16. The molecule has 2 aromatic rings. The first-order valence-corrected chi connectivity index (χ1v) is 8.06. The van der Waals surface area contributed by atoms with Gasteiger partial charge in [-0.15, -0.1) is 0 Å². The maximum absolute atomic E-state index is 12.9. The first-order chi connectivity index (χ1) is 11.2. The number of hydrogen-bond acceptors (Lipinski definition) is 4. The maximum atomic E-state index is 12.9. The molecule has 2 heterocycles. The summed E-state index contributed by atoms with van der Waals surface area (Å²) in [6.45, 7) is 1.40. The summed E-state index contributed by atoms with van der Waals surface area (Å²) in [6, 6.07) is 5.71. The van der Waals surface area contributed by atoms with Crippen molar-refractivity contribution in [2.75, 3.05) is 13.1 Å². The van der Waals surface area contributed by atoms with E-state index in [0.29, 0.717) is 30.5 Å². The molecule has 2 aliphatic rings. The summed E-state index contributed by atoms with van der Waals surface area (Å²) in [5.41, 5.74) is 0.530. The van der Waals surface area contributed by atoms with Crippen molar-refractivity contribution in [3.63, 3.8) is 0 Å². The standard InChI is InChI=1S/C17H18FN3O2/c18-14-5-3-13(4-6-14)17(22)21-8-7-11(10-21)9-15-19-16(23-20-15)12-1-2-12/h3-6,11-12H,1-2,7-10H2. The fourth-order valence-corrected chi connectivity index (χ4v) is 3.06. The average Bonchev–Trinajstić information content (AvgIpc) is 3.13. The average molecular weight is 315 g/mol. The van der Waals surface area contributed by atoms with E-state index in [2.05, 4.69) is 10.1 Å². The smallest absolute Gasteiger partial charge is 0.253 e. The predicted molar refractivity (Wildman–Crippen MR) is 80.4 cm³/mol. The molecule has 4 rings (SSSR count). The Hall–Kier alpha value is -2.24. The van der Waals surface area contributed by atoms with Crippen molar-refractivity contribution in [3.8, 4) is 0 Å². The van der Waals surface area contributed by atoms with Gasteiger partial charge in [0.05, 0.1) is 0 Å². The lowest BCUT2D eigenvalue weighted by molar-refractivity contribution is 0.0787. The molecule has 23 heavy (non-hydrogen) atoms. The zero-order valence-corrected chi connectivity index (χ0v) is 12.7. The normalized spacial score (nSPS) is 20.9. The van der Waals surface area contributed by atoms with Crippen LogP contribution in [0.15, 0.2) is 28.8 Å². The topological polar surface area (TPSA) is 59.2 Å². The summed E-state index contributed by atoms with van der Waals surface area (Å²) < 4.78 is 18.2. The monoisotopic (exact) mass is 315 g/mol. The Morgan fingerprint density at radius 3 is 2.78 bits per heavy atom. The van der Waals surface area contributed by atoms with Crippen LogP contribution in [0.4, 0.5) is 4.39 Å². The van der Waals surface area contributed by atoms with E-state index in [0.717, 1.165) is 37.4 Å². The first kappa shape index (κ1) is 14.4. The number of nitrogens with zero attached hydrogens (tertiary/aromatic N) is 3. The highest BCUT2D eigenvalue weighted by molar-refractivity contribution is 5.94. The third-order valence-corrected chi connectivity index (χ3v) is 4.55. The van der Waals surface area contributed by atoms with Crippen LogP contribution in [0.1, 0.15) is 47.3 Å². The van der Waals surface area contributed by atoms with E-state index < -0.39 is 0 Å². The van der Waals surface area contributed by atoms with Crippen LogP contribution in [0.25, 0.3) is 0 Å². The molecule has 1 saturated heterocycles. The lowest BCUT2D eigenvalue weighted by Crippen LogP contribution is -2.29. The van der Waals surface area contributed by atoms with Crippen LogP contribution in [0, 0.1) is 11.7 Å². The number of rotatable bonds is 4. The highest BCUT2D eigenvalue weighted by Crippen LogP contribution is 2.39. The SMILES string of the molecule is O=C(c1ccc(F)cc1)N1CCC(Cc2noc(C3CC3)n2)C1. The van der Waals surface area contributed by atoms with E-state index in [1.807, 2.05) is 4.90 Å². The second-order valence-corrected chi connectivity index (χ2v) is 6.44. The summed E-state index contributed by atoms with van der Waals surface area (Å²) in [6.07, 6.45) is 3.96. The molecule has 0 radical (unpaired) electrons. The molecule has 0 N–H and O–H groups in total. The Morgan fingerprint density at radius 2 is 2.04 bits per heavy atom. The van der Waals surface area contributed by atoms with Gasteiger partial charge in [0.15, 0.2) is 5.82 Å². The zero-order valence-electron chi connectivity index (χ0n) is 12.7. The lowest BCUT2D eigenvalue weighted by atomic mass is 10.1. The Balaban J connectivity index is 1.36. The number of halogens is 1. The van der Waals surface area contributed by atoms with E-state index in [1.165, 1.54) is 24.3 Å². The van der Waals surface area contributed by atoms with Crippen LogP contribution in [0.5, 0.6) is 0 Å². The van der Waals surface area contributed by atoms with E-state index >= 15 is 0 Å². The van der Waals surface area contributed by atoms with E-state index in [4.69, 9.17) is 4.52 Å². The number of carbonyl (C=O) groups excluding carboxylic acids is 1. The Labute approximate surface area is 133 Å². The second kappa shape index (κ2) is 5.76. The van der Waals surface area contributed by atoms with Crippen LogP contribution < -0.4 is 0 Å². The molecule has 1 unspecified atom stereocenters. The molecule has 1 aliphatic carbocycles. The van der Waals surface area contributed by atoms with Gasteiger partial charge in [0.2, 0.25) is 5.89 Å². The molecule has 2 fully saturated rings. The van der Waals surface area contributed by atoms with Gasteiger partial charge >= 0.3 is 0 Å². The molecule has 1 aromatic carbocycles. The van der Waals surface area contributed by atoms with Crippen molar-refractivity contribution < 1.29 is 13.7 Å². The van der Waals surface area contributed by atoms with Gasteiger partial charge in [0.1, 0.15) is 5.82 Å². The summed E-state index contributed by atoms with van der Waals surface area (Å²) in [7, 11) is 0. The molecule has 0 bridgehead atoms. The van der Waals surface area contributed by atoms with E-state index in [1.54, 1.807) is 0 Å². The minimum atomic E-state index is -0.329. The molecular weight excluding hydrogens is 297 g/mol. The largest absolute Gasteiger partial charge is 0.339 e. The summed E-state index contributed by atoms with van der Waals surface area (Å²) in [5.74, 6) is 1.95. The van der Waals surface area contributed by atoms with E-state index in [9.17, 15) is 9.18 Å². The van der Waals surface area contributed by atoms with Gasteiger partial charge in [-0.25, -0.2) is 4.39 Å². The van der Waals surface area contributed by atoms with Gasteiger partial charge in [-0.05, 0) is 49.4 Å². The van der Waals surface area contributed by atoms with Gasteiger partial charge < -0.3 is 9.42 Å². The van der Waals surface area contributed by atoms with Crippen LogP contribution in [0.2, 0.25) is 0 Å². The van der Waals surface area contributed by atoms with Gasteiger partial charge in [0, 0.05) is 31.0 Å². The number of hydrogen-bond donors (Lipinski definition) is 0. The molecule has 5 nitrogen and oxygen atoms in total. The summed E-state index contributed by atoms with van der Waals surface area (Å²) >= 11 is 0. The van der Waals surface area contributed by atoms with Gasteiger partial charge in [-0.3, -0.25) is 4.79 Å². The first-order valence-electron chi connectivity index (χ1n) is 8.06. The maximum Gasteiger partial charge on any atom is 0.253 e.